The third kappa shape index (κ3) is 3.38. The lowest BCUT2D eigenvalue weighted by Gasteiger charge is -2.15. The van der Waals surface area contributed by atoms with Crippen LogP contribution in [0.2, 0.25) is 0 Å². The van der Waals surface area contributed by atoms with Crippen molar-refractivity contribution in [2.75, 3.05) is 18.5 Å². The summed E-state index contributed by atoms with van der Waals surface area (Å²) in [6, 6.07) is 0. The smallest absolute Gasteiger partial charge is 0.271 e. The molecule has 2 aromatic heterocycles. The summed E-state index contributed by atoms with van der Waals surface area (Å²) >= 11 is 2.74. The molecule has 0 saturated heterocycles. The Morgan fingerprint density at radius 1 is 1.32 bits per heavy atom. The molecule has 1 N–H and O–H groups in total. The molecule has 3 rings (SSSR count). The van der Waals surface area contributed by atoms with E-state index in [4.69, 9.17) is 9.47 Å². The van der Waals surface area contributed by atoms with Crippen molar-refractivity contribution in [1.82, 2.24) is 10.2 Å². The number of carbonyl (C=O) groups is 1. The first-order valence-electron chi connectivity index (χ1n) is 7.28. The van der Waals surface area contributed by atoms with Crippen LogP contribution in [-0.2, 0) is 6.42 Å². The van der Waals surface area contributed by atoms with Crippen LogP contribution in [0.3, 0.4) is 0 Å². The normalized spacial score (nSPS) is 13.1. The zero-order valence-electron chi connectivity index (χ0n) is 12.3. The molecule has 118 valence electrons. The summed E-state index contributed by atoms with van der Waals surface area (Å²) in [5.74, 6) is 0.938. The molecule has 0 atom stereocenters. The van der Waals surface area contributed by atoms with Gasteiger partial charge in [0, 0.05) is 11.8 Å². The Bertz CT molecular complexity index is 654. The van der Waals surface area contributed by atoms with Crippen LogP contribution >= 0.6 is 22.7 Å². The molecule has 0 aliphatic carbocycles. The van der Waals surface area contributed by atoms with Crippen molar-refractivity contribution in [2.24, 2.45) is 0 Å². The van der Waals surface area contributed by atoms with E-state index in [0.717, 1.165) is 17.8 Å². The highest BCUT2D eigenvalue weighted by molar-refractivity contribution is 7.15. The molecule has 0 aromatic carbocycles. The van der Waals surface area contributed by atoms with Crippen LogP contribution in [0.5, 0.6) is 11.5 Å². The number of amides is 1. The molecule has 0 spiro atoms. The number of ether oxygens (including phenoxy) is 2. The predicted octanol–water partition coefficient (Wildman–Crippen LogP) is 3.36. The van der Waals surface area contributed by atoms with Crippen molar-refractivity contribution in [2.45, 2.75) is 32.6 Å². The zero-order chi connectivity index (χ0) is 15.4. The number of hydrogen-bond acceptors (Lipinski definition) is 7. The molecule has 8 heteroatoms. The Kier molecular flexibility index (Phi) is 4.89. The van der Waals surface area contributed by atoms with Crippen molar-refractivity contribution in [3.63, 3.8) is 0 Å². The summed E-state index contributed by atoms with van der Waals surface area (Å²) in [7, 11) is 0. The molecule has 1 aliphatic heterocycles. The molecule has 3 heterocycles. The molecule has 6 nitrogen and oxygen atoms in total. The van der Waals surface area contributed by atoms with E-state index in [-0.39, 0.29) is 5.91 Å². The molecule has 22 heavy (non-hydrogen) atoms. The van der Waals surface area contributed by atoms with E-state index in [2.05, 4.69) is 22.4 Å². The summed E-state index contributed by atoms with van der Waals surface area (Å²) in [5.41, 5.74) is 0. The lowest BCUT2D eigenvalue weighted by Crippen LogP contribution is -2.17. The molecule has 0 fully saturated rings. The van der Waals surface area contributed by atoms with E-state index in [1.165, 1.54) is 35.5 Å². The Labute approximate surface area is 136 Å². The average molecular weight is 339 g/mol. The minimum atomic E-state index is -0.229. The van der Waals surface area contributed by atoms with Gasteiger partial charge in [0.1, 0.15) is 23.1 Å². The summed E-state index contributed by atoms with van der Waals surface area (Å²) in [5, 5.41) is 14.2. The number of rotatable bonds is 6. The van der Waals surface area contributed by atoms with Crippen molar-refractivity contribution in [1.29, 1.82) is 0 Å². The zero-order valence-corrected chi connectivity index (χ0v) is 13.9. The molecule has 0 radical (unpaired) electrons. The SMILES string of the molecule is CCCCCc1nnc(NC(=O)c2scc3c2OCCO3)s1. The second kappa shape index (κ2) is 7.06. The Morgan fingerprint density at radius 2 is 2.18 bits per heavy atom. The summed E-state index contributed by atoms with van der Waals surface area (Å²) in [6.07, 6.45) is 4.36. The Balaban J connectivity index is 1.63. The molecule has 2 aromatic rings. The minimum Gasteiger partial charge on any atom is -0.485 e. The van der Waals surface area contributed by atoms with E-state index in [1.54, 1.807) is 5.38 Å². The summed E-state index contributed by atoms with van der Waals surface area (Å²) in [4.78, 5) is 12.8. The Morgan fingerprint density at radius 3 is 3.05 bits per heavy atom. The fourth-order valence-corrected chi connectivity index (χ4v) is 3.71. The number of thiophene rings is 1. The topological polar surface area (TPSA) is 73.3 Å². The van der Waals surface area contributed by atoms with Crippen LogP contribution in [0.4, 0.5) is 5.13 Å². The van der Waals surface area contributed by atoms with Gasteiger partial charge >= 0.3 is 0 Å². The molecule has 0 bridgehead atoms. The molecule has 1 aliphatic rings. The van der Waals surface area contributed by atoms with Crippen LogP contribution < -0.4 is 14.8 Å². The van der Waals surface area contributed by atoms with Gasteiger partial charge < -0.3 is 9.47 Å². The van der Waals surface area contributed by atoms with Crippen molar-refractivity contribution in [3.05, 3.63) is 15.3 Å². The number of nitrogens with one attached hydrogen (secondary N) is 1. The average Bonchev–Trinajstić information content (AvgIpc) is 3.14. The maximum absolute atomic E-state index is 12.3. The second-order valence-corrected chi connectivity index (χ2v) is 6.81. The summed E-state index contributed by atoms with van der Waals surface area (Å²) < 4.78 is 11.0. The quantitative estimate of drug-likeness (QED) is 0.817. The van der Waals surface area contributed by atoms with Gasteiger partial charge in [-0.1, -0.05) is 31.1 Å². The predicted molar refractivity (Wildman–Crippen MR) is 86.4 cm³/mol. The number of aromatic nitrogens is 2. The van der Waals surface area contributed by atoms with Gasteiger partial charge in [-0.15, -0.1) is 21.5 Å². The third-order valence-corrected chi connectivity index (χ3v) is 5.03. The first kappa shape index (κ1) is 15.2. The number of nitrogens with zero attached hydrogens (tertiary/aromatic N) is 2. The standard InChI is InChI=1S/C14H17N3O3S2/c1-2-3-4-5-10-16-17-14(22-10)15-13(18)12-11-9(8-21-12)19-6-7-20-11/h8H,2-7H2,1H3,(H,15,17,18). The van der Waals surface area contributed by atoms with E-state index in [0.29, 0.717) is 34.7 Å². The van der Waals surface area contributed by atoms with Gasteiger partial charge in [0.15, 0.2) is 11.5 Å². The highest BCUT2D eigenvalue weighted by atomic mass is 32.1. The van der Waals surface area contributed by atoms with Crippen molar-refractivity contribution < 1.29 is 14.3 Å². The van der Waals surface area contributed by atoms with Crippen LogP contribution in [-0.4, -0.2) is 29.3 Å². The lowest BCUT2D eigenvalue weighted by atomic mass is 10.2. The van der Waals surface area contributed by atoms with E-state index >= 15 is 0 Å². The van der Waals surface area contributed by atoms with Crippen LogP contribution in [0.15, 0.2) is 5.38 Å². The van der Waals surface area contributed by atoms with E-state index in [1.807, 2.05) is 0 Å². The number of unbranched alkanes of at least 4 members (excludes halogenated alkanes) is 2. The first-order valence-corrected chi connectivity index (χ1v) is 8.98. The van der Waals surface area contributed by atoms with Crippen LogP contribution in [0.25, 0.3) is 0 Å². The van der Waals surface area contributed by atoms with Gasteiger partial charge in [0.05, 0.1) is 0 Å². The molecule has 1 amide bonds. The maximum Gasteiger partial charge on any atom is 0.271 e. The molecular weight excluding hydrogens is 322 g/mol. The number of carbonyl (C=O) groups excluding carboxylic acids is 1. The fourth-order valence-electron chi connectivity index (χ4n) is 2.10. The van der Waals surface area contributed by atoms with Gasteiger partial charge in [-0.3, -0.25) is 10.1 Å². The lowest BCUT2D eigenvalue weighted by molar-refractivity contribution is 0.102. The van der Waals surface area contributed by atoms with E-state index in [9.17, 15) is 4.79 Å². The summed E-state index contributed by atoms with van der Waals surface area (Å²) in [6.45, 7) is 3.14. The number of anilines is 1. The van der Waals surface area contributed by atoms with Crippen LogP contribution in [0, 0.1) is 0 Å². The third-order valence-electron chi connectivity index (χ3n) is 3.19. The van der Waals surface area contributed by atoms with Crippen molar-refractivity contribution >= 4 is 33.7 Å². The molecule has 0 saturated carbocycles. The molecular formula is C14H17N3O3S2. The Hall–Kier alpha value is -1.67. The van der Waals surface area contributed by atoms with Gasteiger partial charge in [-0.2, -0.15) is 0 Å². The highest BCUT2D eigenvalue weighted by Crippen LogP contribution is 2.39. The van der Waals surface area contributed by atoms with Gasteiger partial charge in [-0.25, -0.2) is 0 Å². The van der Waals surface area contributed by atoms with Gasteiger partial charge in [0.25, 0.3) is 5.91 Å². The number of aryl methyl sites for hydroxylation is 1. The number of hydrogen-bond donors (Lipinski definition) is 1. The van der Waals surface area contributed by atoms with Crippen LogP contribution in [0.1, 0.15) is 40.9 Å². The monoisotopic (exact) mass is 339 g/mol. The first-order chi connectivity index (χ1) is 10.8. The number of fused-ring (bicyclic) bond motifs is 1. The van der Waals surface area contributed by atoms with Gasteiger partial charge in [-0.05, 0) is 6.42 Å². The minimum absolute atomic E-state index is 0.229. The fraction of sp³-hybridized carbons (Fsp3) is 0.500. The van der Waals surface area contributed by atoms with Crippen molar-refractivity contribution in [3.8, 4) is 11.5 Å². The largest absolute Gasteiger partial charge is 0.485 e. The van der Waals surface area contributed by atoms with E-state index < -0.39 is 0 Å². The maximum atomic E-state index is 12.3. The highest BCUT2D eigenvalue weighted by Gasteiger charge is 2.24. The second-order valence-electron chi connectivity index (χ2n) is 4.87. The van der Waals surface area contributed by atoms with Gasteiger partial charge in [0.2, 0.25) is 5.13 Å². The molecule has 0 unspecified atom stereocenters.